The molecule has 1 fully saturated rings. The number of benzene rings is 1. The van der Waals surface area contributed by atoms with Gasteiger partial charge in [-0.05, 0) is 31.0 Å². The van der Waals surface area contributed by atoms with Gasteiger partial charge in [0.1, 0.15) is 4.32 Å². The molecule has 1 aromatic rings. The first kappa shape index (κ1) is 24.9. The predicted molar refractivity (Wildman–Crippen MR) is 136 cm³/mol. The Bertz CT molecular complexity index is 963. The van der Waals surface area contributed by atoms with Crippen molar-refractivity contribution in [2.75, 3.05) is 18.5 Å². The Labute approximate surface area is 206 Å². The van der Waals surface area contributed by atoms with Crippen LogP contribution in [0.25, 0.3) is 5.57 Å². The van der Waals surface area contributed by atoms with Gasteiger partial charge in [0, 0.05) is 30.0 Å². The SMILES string of the molecule is CN1C(=O)/C(=C2\SC(=S)N(CCCCCCCCCCC(=O)O)C2=O)c2cc(Br)ccc21. The minimum absolute atomic E-state index is 0.178. The van der Waals surface area contributed by atoms with Crippen LogP contribution in [0, 0.1) is 0 Å². The molecular weight excluding hydrogens is 512 g/mol. The summed E-state index contributed by atoms with van der Waals surface area (Å²) in [5, 5.41) is 8.64. The van der Waals surface area contributed by atoms with E-state index in [9.17, 15) is 14.4 Å². The number of thiocarbonyl (C=S) groups is 1. The standard InChI is InChI=1S/C23H27BrN2O4S2/c1-25-17-12-11-15(24)14-16(17)19(21(25)29)20-22(30)26(23(31)32-20)13-9-7-5-3-2-4-6-8-10-18(27)28/h11-12,14H,2-10,13H2,1H3,(H,27,28)/b20-19-. The average Bonchev–Trinajstić information content (AvgIpc) is 3.15. The third kappa shape index (κ3) is 5.80. The number of hydrogen-bond donors (Lipinski definition) is 1. The number of rotatable bonds is 11. The van der Waals surface area contributed by atoms with E-state index in [1.807, 2.05) is 18.2 Å². The first-order valence-electron chi connectivity index (χ1n) is 10.9. The van der Waals surface area contributed by atoms with E-state index in [2.05, 4.69) is 15.9 Å². The number of anilines is 1. The number of amides is 2. The van der Waals surface area contributed by atoms with Crippen molar-refractivity contribution in [3.8, 4) is 0 Å². The van der Waals surface area contributed by atoms with Crippen LogP contribution in [-0.2, 0) is 14.4 Å². The largest absolute Gasteiger partial charge is 0.481 e. The van der Waals surface area contributed by atoms with Crippen LogP contribution in [0.3, 0.4) is 0 Å². The van der Waals surface area contributed by atoms with Crippen molar-refractivity contribution < 1.29 is 19.5 Å². The molecular formula is C23H27BrN2O4S2. The monoisotopic (exact) mass is 538 g/mol. The molecule has 0 radical (unpaired) electrons. The first-order chi connectivity index (χ1) is 15.3. The highest BCUT2D eigenvalue weighted by Crippen LogP contribution is 2.44. The second-order valence-electron chi connectivity index (χ2n) is 8.03. The number of aliphatic carboxylic acids is 1. The maximum Gasteiger partial charge on any atom is 0.303 e. The lowest BCUT2D eigenvalue weighted by Crippen LogP contribution is -2.29. The fourth-order valence-electron chi connectivity index (χ4n) is 3.96. The Morgan fingerprint density at radius 2 is 1.66 bits per heavy atom. The number of nitrogens with zero attached hydrogens (tertiary/aromatic N) is 2. The van der Waals surface area contributed by atoms with Gasteiger partial charge in [-0.25, -0.2) is 0 Å². The van der Waals surface area contributed by atoms with Crippen LogP contribution in [-0.4, -0.2) is 45.7 Å². The lowest BCUT2D eigenvalue weighted by atomic mass is 10.1. The van der Waals surface area contributed by atoms with Crippen molar-refractivity contribution in [2.45, 2.75) is 57.8 Å². The minimum atomic E-state index is -0.724. The molecule has 0 saturated carbocycles. The van der Waals surface area contributed by atoms with Gasteiger partial charge >= 0.3 is 5.97 Å². The highest BCUT2D eigenvalue weighted by atomic mass is 79.9. The molecule has 0 atom stereocenters. The number of hydrogen-bond acceptors (Lipinski definition) is 5. The molecule has 1 aromatic carbocycles. The average molecular weight is 540 g/mol. The van der Waals surface area contributed by atoms with Crippen molar-refractivity contribution in [3.63, 3.8) is 0 Å². The van der Waals surface area contributed by atoms with Crippen LogP contribution in [0.1, 0.15) is 63.4 Å². The van der Waals surface area contributed by atoms with E-state index >= 15 is 0 Å². The second kappa shape index (κ2) is 11.4. The summed E-state index contributed by atoms with van der Waals surface area (Å²) in [5.41, 5.74) is 1.99. The highest BCUT2D eigenvalue weighted by Gasteiger charge is 2.40. The Morgan fingerprint density at radius 3 is 2.31 bits per heavy atom. The van der Waals surface area contributed by atoms with E-state index in [4.69, 9.17) is 17.3 Å². The number of carbonyl (C=O) groups excluding carboxylic acids is 2. The summed E-state index contributed by atoms with van der Waals surface area (Å²) in [6, 6.07) is 5.63. The third-order valence-electron chi connectivity index (χ3n) is 5.71. The number of thioether (sulfide) groups is 1. The molecule has 1 saturated heterocycles. The van der Waals surface area contributed by atoms with Gasteiger partial charge in [-0.3, -0.25) is 19.3 Å². The number of fused-ring (bicyclic) bond motifs is 1. The van der Waals surface area contributed by atoms with Gasteiger partial charge < -0.3 is 10.0 Å². The summed E-state index contributed by atoms with van der Waals surface area (Å²) in [4.78, 5) is 40.1. The van der Waals surface area contributed by atoms with Crippen LogP contribution < -0.4 is 4.90 Å². The number of carboxylic acids is 1. The normalized spacial score (nSPS) is 18.1. The summed E-state index contributed by atoms with van der Waals surface area (Å²) in [5.74, 6) is -1.08. The molecule has 32 heavy (non-hydrogen) atoms. The molecule has 2 aliphatic heterocycles. The van der Waals surface area contributed by atoms with Crippen LogP contribution in [0.2, 0.25) is 0 Å². The maximum atomic E-state index is 13.1. The fraction of sp³-hybridized carbons (Fsp3) is 0.478. The van der Waals surface area contributed by atoms with Crippen molar-refractivity contribution in [2.24, 2.45) is 0 Å². The summed E-state index contributed by atoms with van der Waals surface area (Å²) >= 11 is 10.1. The Morgan fingerprint density at radius 1 is 1.03 bits per heavy atom. The minimum Gasteiger partial charge on any atom is -0.481 e. The summed E-state index contributed by atoms with van der Waals surface area (Å²) < 4.78 is 1.36. The number of carboxylic acid groups (broad SMARTS) is 1. The Kier molecular flexibility index (Phi) is 8.90. The zero-order valence-corrected chi connectivity index (χ0v) is 21.3. The quantitative estimate of drug-likeness (QED) is 0.224. The van der Waals surface area contributed by atoms with Gasteiger partial charge in [-0.2, -0.15) is 0 Å². The van der Waals surface area contributed by atoms with E-state index in [1.54, 1.807) is 16.8 Å². The number of carbonyl (C=O) groups is 3. The van der Waals surface area contributed by atoms with Crippen LogP contribution >= 0.6 is 39.9 Å². The highest BCUT2D eigenvalue weighted by molar-refractivity contribution is 9.10. The molecule has 0 aromatic heterocycles. The molecule has 2 aliphatic rings. The summed E-state index contributed by atoms with van der Waals surface area (Å²) in [6.07, 6.45) is 8.21. The Hall–Kier alpha value is -1.71. The van der Waals surface area contributed by atoms with Gasteiger partial charge in [-0.1, -0.05) is 78.4 Å². The van der Waals surface area contributed by atoms with Crippen LogP contribution in [0.15, 0.2) is 27.6 Å². The first-order valence-corrected chi connectivity index (χ1v) is 12.9. The smallest absolute Gasteiger partial charge is 0.303 e. The van der Waals surface area contributed by atoms with E-state index in [0.717, 1.165) is 67.1 Å². The molecule has 9 heteroatoms. The van der Waals surface area contributed by atoms with E-state index in [0.29, 0.717) is 21.3 Å². The number of likely N-dealkylation sites (N-methyl/N-ethyl adjacent to an activating group) is 1. The molecule has 0 spiro atoms. The molecule has 172 valence electrons. The molecule has 0 aliphatic carbocycles. The molecule has 6 nitrogen and oxygen atoms in total. The van der Waals surface area contributed by atoms with E-state index in [-0.39, 0.29) is 18.2 Å². The van der Waals surface area contributed by atoms with Gasteiger partial charge in [0.25, 0.3) is 11.8 Å². The van der Waals surface area contributed by atoms with Gasteiger partial charge in [0.15, 0.2) is 0 Å². The molecule has 0 bridgehead atoms. The lowest BCUT2D eigenvalue weighted by molar-refractivity contribution is -0.137. The Balaban J connectivity index is 1.50. The topological polar surface area (TPSA) is 77.9 Å². The number of unbranched alkanes of at least 4 members (excludes halogenated alkanes) is 7. The third-order valence-corrected chi connectivity index (χ3v) is 7.65. The zero-order valence-electron chi connectivity index (χ0n) is 18.1. The van der Waals surface area contributed by atoms with Crippen LogP contribution in [0.5, 0.6) is 0 Å². The lowest BCUT2D eigenvalue weighted by Gasteiger charge is -2.14. The second-order valence-corrected chi connectivity index (χ2v) is 10.6. The fourth-order valence-corrected chi connectivity index (χ4v) is 5.70. The molecule has 2 heterocycles. The van der Waals surface area contributed by atoms with Crippen molar-refractivity contribution in [1.82, 2.24) is 4.90 Å². The molecule has 3 rings (SSSR count). The molecule has 1 N–H and O–H groups in total. The molecule has 2 amide bonds. The van der Waals surface area contributed by atoms with Gasteiger partial charge in [-0.15, -0.1) is 0 Å². The van der Waals surface area contributed by atoms with Crippen molar-refractivity contribution in [1.29, 1.82) is 0 Å². The van der Waals surface area contributed by atoms with Gasteiger partial charge in [0.2, 0.25) is 0 Å². The predicted octanol–water partition coefficient (Wildman–Crippen LogP) is 5.59. The van der Waals surface area contributed by atoms with Crippen LogP contribution in [0.4, 0.5) is 5.69 Å². The summed E-state index contributed by atoms with van der Waals surface area (Å²) in [7, 11) is 1.72. The number of halogens is 1. The van der Waals surface area contributed by atoms with Gasteiger partial charge in [0.05, 0.1) is 16.2 Å². The van der Waals surface area contributed by atoms with E-state index < -0.39 is 5.97 Å². The molecule has 0 unspecified atom stereocenters. The summed E-state index contributed by atoms with van der Waals surface area (Å²) in [6.45, 7) is 0.565. The van der Waals surface area contributed by atoms with E-state index in [1.165, 1.54) is 11.8 Å². The maximum absolute atomic E-state index is 13.1. The zero-order chi connectivity index (χ0) is 23.3. The van der Waals surface area contributed by atoms with Crippen molar-refractivity contribution >= 4 is 73.3 Å². The van der Waals surface area contributed by atoms with Crippen molar-refractivity contribution in [3.05, 3.63) is 33.1 Å².